The molecule has 2 rings (SSSR count). The van der Waals surface area contributed by atoms with Crippen LogP contribution in [-0.4, -0.2) is 28.0 Å². The van der Waals surface area contributed by atoms with Crippen molar-refractivity contribution in [2.75, 3.05) is 7.11 Å². The van der Waals surface area contributed by atoms with E-state index in [1.165, 1.54) is 7.11 Å². The molecule has 0 saturated carbocycles. The van der Waals surface area contributed by atoms with Gasteiger partial charge in [-0.25, -0.2) is 9.78 Å². The van der Waals surface area contributed by atoms with Gasteiger partial charge in [-0.1, -0.05) is 0 Å². The van der Waals surface area contributed by atoms with Gasteiger partial charge in [-0.2, -0.15) is 4.98 Å². The van der Waals surface area contributed by atoms with Crippen molar-refractivity contribution < 1.29 is 9.53 Å². The van der Waals surface area contributed by atoms with Crippen molar-refractivity contribution in [3.8, 4) is 0 Å². The van der Waals surface area contributed by atoms with E-state index >= 15 is 0 Å². The summed E-state index contributed by atoms with van der Waals surface area (Å²) in [5, 5.41) is 0.633. The summed E-state index contributed by atoms with van der Waals surface area (Å²) in [6, 6.07) is 1.78. The second-order valence-corrected chi connectivity index (χ2v) is 3.39. The van der Waals surface area contributed by atoms with Gasteiger partial charge in [0.1, 0.15) is 5.65 Å². The number of hydrogen-bond acceptors (Lipinski definition) is 4. The number of methoxy groups -OCH3 is 1. The summed E-state index contributed by atoms with van der Waals surface area (Å²) in [4.78, 5) is 22.2. The fourth-order valence-corrected chi connectivity index (χ4v) is 1.53. The first-order valence-corrected chi connectivity index (χ1v) is 4.61. The van der Waals surface area contributed by atoms with Crippen LogP contribution >= 0.6 is 11.6 Å². The fraction of sp³-hybridized carbons (Fsp3) is 0.222. The summed E-state index contributed by atoms with van der Waals surface area (Å²) in [5.74, 6) is -0.525. The molecular weight excluding hydrogens is 218 g/mol. The lowest BCUT2D eigenvalue weighted by Gasteiger charge is -1.99. The largest absolute Gasteiger partial charge is 0.464 e. The van der Waals surface area contributed by atoms with Crippen LogP contribution < -0.4 is 0 Å². The molecule has 6 heteroatoms. The summed E-state index contributed by atoms with van der Waals surface area (Å²) in [7, 11) is 1.30. The standard InChI is InChI=1S/C9H8ClN3O2/c1-4-3-5-6(8(14)15-2)12-9(10)13-7(5)11-4/h3H,1-2H3,(H,11,12,13). The number of rotatable bonds is 1. The van der Waals surface area contributed by atoms with Gasteiger partial charge in [0.2, 0.25) is 5.28 Å². The highest BCUT2D eigenvalue weighted by molar-refractivity contribution is 6.28. The number of ether oxygens (including phenoxy) is 1. The molecule has 0 spiro atoms. The molecule has 0 atom stereocenters. The summed E-state index contributed by atoms with van der Waals surface area (Å²) < 4.78 is 4.61. The molecule has 15 heavy (non-hydrogen) atoms. The summed E-state index contributed by atoms with van der Waals surface area (Å²) >= 11 is 5.68. The van der Waals surface area contributed by atoms with Gasteiger partial charge >= 0.3 is 5.97 Å². The average molecular weight is 226 g/mol. The molecule has 2 heterocycles. The average Bonchev–Trinajstić information content (AvgIpc) is 2.55. The zero-order valence-electron chi connectivity index (χ0n) is 8.17. The minimum atomic E-state index is -0.525. The SMILES string of the molecule is COC(=O)c1nc(Cl)nc2[nH]c(C)cc12. The van der Waals surface area contributed by atoms with Crippen molar-refractivity contribution in [2.45, 2.75) is 6.92 Å². The van der Waals surface area contributed by atoms with Gasteiger partial charge in [0.25, 0.3) is 0 Å². The van der Waals surface area contributed by atoms with E-state index in [9.17, 15) is 4.79 Å². The minimum Gasteiger partial charge on any atom is -0.464 e. The molecule has 0 aromatic carbocycles. The van der Waals surface area contributed by atoms with Crippen molar-refractivity contribution in [3.05, 3.63) is 22.7 Å². The van der Waals surface area contributed by atoms with Gasteiger partial charge in [-0.15, -0.1) is 0 Å². The lowest BCUT2D eigenvalue weighted by molar-refractivity contribution is 0.0596. The van der Waals surface area contributed by atoms with Gasteiger partial charge in [0.15, 0.2) is 5.69 Å². The second kappa shape index (κ2) is 3.51. The highest BCUT2D eigenvalue weighted by Gasteiger charge is 2.16. The van der Waals surface area contributed by atoms with E-state index < -0.39 is 5.97 Å². The fourth-order valence-electron chi connectivity index (χ4n) is 1.37. The number of aryl methyl sites for hydroxylation is 1. The molecule has 0 unspecified atom stereocenters. The molecule has 0 radical (unpaired) electrons. The Morgan fingerprint density at radius 2 is 2.27 bits per heavy atom. The van der Waals surface area contributed by atoms with E-state index in [0.29, 0.717) is 11.0 Å². The van der Waals surface area contributed by atoms with Crippen LogP contribution in [0.15, 0.2) is 6.07 Å². The normalized spacial score (nSPS) is 10.6. The molecule has 5 nitrogen and oxygen atoms in total. The first-order chi connectivity index (χ1) is 7.11. The number of fused-ring (bicyclic) bond motifs is 1. The Morgan fingerprint density at radius 3 is 2.93 bits per heavy atom. The zero-order valence-corrected chi connectivity index (χ0v) is 8.92. The molecule has 0 bridgehead atoms. The van der Waals surface area contributed by atoms with Gasteiger partial charge in [-0.3, -0.25) is 0 Å². The summed E-state index contributed by atoms with van der Waals surface area (Å²) in [5.41, 5.74) is 1.59. The van der Waals surface area contributed by atoms with E-state index in [-0.39, 0.29) is 11.0 Å². The molecule has 78 valence electrons. The molecule has 0 aliphatic rings. The Balaban J connectivity index is 2.75. The van der Waals surface area contributed by atoms with Crippen molar-refractivity contribution in [2.24, 2.45) is 0 Å². The first kappa shape index (κ1) is 9.92. The molecular formula is C9H8ClN3O2. The Morgan fingerprint density at radius 1 is 1.53 bits per heavy atom. The predicted molar refractivity (Wildman–Crippen MR) is 55.0 cm³/mol. The van der Waals surface area contributed by atoms with Gasteiger partial charge in [0.05, 0.1) is 12.5 Å². The number of halogens is 1. The third kappa shape index (κ3) is 1.66. The molecule has 0 amide bonds. The number of carbonyl (C=O) groups is 1. The lowest BCUT2D eigenvalue weighted by Crippen LogP contribution is -2.05. The van der Waals surface area contributed by atoms with Crippen molar-refractivity contribution in [1.82, 2.24) is 15.0 Å². The molecule has 2 aromatic heterocycles. The zero-order chi connectivity index (χ0) is 11.0. The highest BCUT2D eigenvalue weighted by atomic mass is 35.5. The van der Waals surface area contributed by atoms with Crippen molar-refractivity contribution in [1.29, 1.82) is 0 Å². The van der Waals surface area contributed by atoms with E-state index in [1.807, 2.05) is 6.92 Å². The number of nitrogens with one attached hydrogen (secondary N) is 1. The molecule has 0 aliphatic carbocycles. The topological polar surface area (TPSA) is 67.9 Å². The van der Waals surface area contributed by atoms with Crippen LogP contribution in [0.1, 0.15) is 16.2 Å². The quantitative estimate of drug-likeness (QED) is 0.593. The smallest absolute Gasteiger partial charge is 0.357 e. The molecule has 0 fully saturated rings. The number of H-pyrrole nitrogens is 1. The number of aromatic nitrogens is 3. The van der Waals surface area contributed by atoms with Crippen LogP contribution in [0.25, 0.3) is 11.0 Å². The number of carbonyl (C=O) groups excluding carboxylic acids is 1. The second-order valence-electron chi connectivity index (χ2n) is 3.05. The number of esters is 1. The molecule has 0 aliphatic heterocycles. The Bertz CT molecular complexity index is 535. The van der Waals surface area contributed by atoms with Crippen molar-refractivity contribution in [3.63, 3.8) is 0 Å². The molecule has 0 saturated heterocycles. The lowest BCUT2D eigenvalue weighted by atomic mass is 10.3. The van der Waals surface area contributed by atoms with Gasteiger partial charge in [-0.05, 0) is 24.6 Å². The van der Waals surface area contributed by atoms with Crippen LogP contribution in [-0.2, 0) is 4.74 Å². The Hall–Kier alpha value is -1.62. The van der Waals surface area contributed by atoms with Crippen LogP contribution in [0, 0.1) is 6.92 Å². The Kier molecular flexibility index (Phi) is 2.32. The maximum absolute atomic E-state index is 11.4. The highest BCUT2D eigenvalue weighted by Crippen LogP contribution is 2.19. The van der Waals surface area contributed by atoms with Gasteiger partial charge < -0.3 is 9.72 Å². The van der Waals surface area contributed by atoms with E-state index in [1.54, 1.807) is 6.07 Å². The summed E-state index contributed by atoms with van der Waals surface area (Å²) in [6.45, 7) is 1.86. The van der Waals surface area contributed by atoms with E-state index in [0.717, 1.165) is 5.69 Å². The number of hydrogen-bond donors (Lipinski definition) is 1. The first-order valence-electron chi connectivity index (χ1n) is 4.23. The Labute approximate surface area is 90.4 Å². The van der Waals surface area contributed by atoms with Crippen LogP contribution in [0.4, 0.5) is 0 Å². The minimum absolute atomic E-state index is 0.0183. The van der Waals surface area contributed by atoms with Crippen LogP contribution in [0.5, 0.6) is 0 Å². The van der Waals surface area contributed by atoms with Crippen molar-refractivity contribution >= 4 is 28.6 Å². The van der Waals surface area contributed by atoms with E-state index in [2.05, 4.69) is 19.7 Å². The molecule has 1 N–H and O–H groups in total. The van der Waals surface area contributed by atoms with Crippen LogP contribution in [0.3, 0.4) is 0 Å². The maximum Gasteiger partial charge on any atom is 0.357 e. The van der Waals surface area contributed by atoms with E-state index in [4.69, 9.17) is 11.6 Å². The summed E-state index contributed by atoms with van der Waals surface area (Å²) in [6.07, 6.45) is 0. The number of aromatic amines is 1. The molecule has 2 aromatic rings. The third-order valence-corrected chi connectivity index (χ3v) is 2.14. The monoisotopic (exact) mass is 225 g/mol. The predicted octanol–water partition coefficient (Wildman–Crippen LogP) is 1.71. The van der Waals surface area contributed by atoms with Gasteiger partial charge in [0, 0.05) is 5.69 Å². The number of nitrogens with zero attached hydrogens (tertiary/aromatic N) is 2. The maximum atomic E-state index is 11.4. The van der Waals surface area contributed by atoms with Crippen LogP contribution in [0.2, 0.25) is 5.28 Å². The third-order valence-electron chi connectivity index (χ3n) is 1.97.